The van der Waals surface area contributed by atoms with E-state index in [1.807, 2.05) is 18.5 Å². The fraction of sp³-hybridized carbons (Fsp3) is 0.400. The first-order chi connectivity index (χ1) is 19.1. The maximum atomic E-state index is 11.1. The van der Waals surface area contributed by atoms with Gasteiger partial charge < -0.3 is 25.6 Å². The van der Waals surface area contributed by atoms with Crippen LogP contribution in [-0.2, 0) is 6.54 Å². The molecular weight excluding hydrogens is 490 g/mol. The number of nitrogens with one attached hydrogen (secondary N) is 3. The molecule has 2 aromatic carbocycles. The molecule has 1 aliphatic carbocycles. The first-order valence-corrected chi connectivity index (χ1v) is 14.0. The van der Waals surface area contributed by atoms with Crippen molar-refractivity contribution in [3.63, 3.8) is 0 Å². The molecule has 2 aliphatic rings. The Morgan fingerprint density at radius 2 is 1.62 bits per heavy atom. The van der Waals surface area contributed by atoms with Crippen molar-refractivity contribution in [2.45, 2.75) is 51.1 Å². The van der Waals surface area contributed by atoms with Crippen LogP contribution in [0.25, 0.3) is 22.3 Å². The van der Waals surface area contributed by atoms with E-state index in [0.717, 1.165) is 53.3 Å². The van der Waals surface area contributed by atoms with Gasteiger partial charge in [-0.05, 0) is 73.5 Å². The third-order valence-electron chi connectivity index (χ3n) is 8.03. The highest BCUT2D eigenvalue weighted by Gasteiger charge is 2.22. The molecule has 2 fully saturated rings. The van der Waals surface area contributed by atoms with E-state index in [1.165, 1.54) is 38.5 Å². The Kier molecular flexibility index (Phi) is 7.40. The molecule has 3 heterocycles. The van der Waals surface area contributed by atoms with Gasteiger partial charge in [-0.25, -0.2) is 9.78 Å². The Balaban J connectivity index is 1.20. The number of anilines is 2. The van der Waals surface area contributed by atoms with E-state index >= 15 is 0 Å². The average molecular weight is 526 g/mol. The van der Waals surface area contributed by atoms with Gasteiger partial charge in [0.2, 0.25) is 5.95 Å². The predicted molar refractivity (Wildman–Crippen MR) is 153 cm³/mol. The van der Waals surface area contributed by atoms with E-state index in [1.54, 1.807) is 12.1 Å². The molecule has 6 rings (SSSR count). The van der Waals surface area contributed by atoms with E-state index in [9.17, 15) is 4.79 Å². The van der Waals surface area contributed by atoms with Crippen LogP contribution in [0.15, 0.2) is 54.9 Å². The molecule has 0 amide bonds. The van der Waals surface area contributed by atoms with Crippen LogP contribution >= 0.6 is 0 Å². The maximum absolute atomic E-state index is 11.1. The van der Waals surface area contributed by atoms with Crippen molar-refractivity contribution < 1.29 is 9.90 Å². The number of nitrogens with zero attached hydrogens (tertiary/aromatic N) is 4. The van der Waals surface area contributed by atoms with E-state index in [2.05, 4.69) is 44.8 Å². The highest BCUT2D eigenvalue weighted by molar-refractivity contribution is 5.88. The molecule has 4 aromatic rings. The summed E-state index contributed by atoms with van der Waals surface area (Å²) in [7, 11) is 0. The summed E-state index contributed by atoms with van der Waals surface area (Å²) < 4.78 is 2.25. The van der Waals surface area contributed by atoms with E-state index in [4.69, 9.17) is 20.1 Å². The van der Waals surface area contributed by atoms with Crippen LogP contribution in [0.2, 0.25) is 0 Å². The van der Waals surface area contributed by atoms with Gasteiger partial charge in [0, 0.05) is 19.1 Å². The van der Waals surface area contributed by atoms with Crippen LogP contribution in [0, 0.1) is 5.92 Å². The van der Waals surface area contributed by atoms with Gasteiger partial charge in [-0.1, -0.05) is 49.2 Å². The molecule has 9 heteroatoms. The molecule has 0 bridgehead atoms. The second kappa shape index (κ2) is 11.4. The van der Waals surface area contributed by atoms with Gasteiger partial charge in [-0.15, -0.1) is 0 Å². The zero-order chi connectivity index (χ0) is 26.6. The number of hydrogen-bond acceptors (Lipinski definition) is 7. The monoisotopic (exact) mass is 525 g/mol. The first-order valence-electron chi connectivity index (χ1n) is 14.0. The first kappa shape index (κ1) is 25.3. The molecule has 9 nitrogen and oxygen atoms in total. The molecule has 4 N–H and O–H groups in total. The van der Waals surface area contributed by atoms with E-state index in [0.29, 0.717) is 24.5 Å². The van der Waals surface area contributed by atoms with Gasteiger partial charge in [0.25, 0.3) is 0 Å². The minimum absolute atomic E-state index is 0.288. The SMILES string of the molecule is O=C(O)c1ccc(-c2ccc(CNc3nc(NCC4CCNCC4)nc4c3ncn4C3CCCC3)cc2)cc1. The van der Waals surface area contributed by atoms with E-state index in [-0.39, 0.29) is 5.56 Å². The van der Waals surface area contributed by atoms with Gasteiger partial charge in [0.05, 0.1) is 11.9 Å². The molecule has 2 aromatic heterocycles. The third-order valence-corrected chi connectivity index (χ3v) is 8.03. The smallest absolute Gasteiger partial charge is 0.335 e. The number of carboxylic acids is 1. The zero-order valence-corrected chi connectivity index (χ0v) is 22.1. The lowest BCUT2D eigenvalue weighted by molar-refractivity contribution is 0.0697. The van der Waals surface area contributed by atoms with Crippen LogP contribution in [0.5, 0.6) is 0 Å². The van der Waals surface area contributed by atoms with Crippen molar-refractivity contribution in [1.82, 2.24) is 24.8 Å². The second-order valence-corrected chi connectivity index (χ2v) is 10.7. The van der Waals surface area contributed by atoms with Gasteiger partial charge in [-0.2, -0.15) is 9.97 Å². The topological polar surface area (TPSA) is 117 Å². The van der Waals surface area contributed by atoms with Crippen molar-refractivity contribution in [2.24, 2.45) is 5.92 Å². The number of aromatic nitrogens is 4. The largest absolute Gasteiger partial charge is 0.478 e. The number of carboxylic acid groups (broad SMARTS) is 1. The quantitative estimate of drug-likeness (QED) is 0.232. The number of benzene rings is 2. The van der Waals surface area contributed by atoms with Crippen molar-refractivity contribution in [2.75, 3.05) is 30.3 Å². The molecule has 0 atom stereocenters. The predicted octanol–water partition coefficient (Wildman–Crippen LogP) is 5.33. The fourth-order valence-corrected chi connectivity index (χ4v) is 5.70. The summed E-state index contributed by atoms with van der Waals surface area (Å²) in [6.45, 7) is 3.62. The van der Waals surface area contributed by atoms with Crippen LogP contribution in [0.1, 0.15) is 60.5 Å². The van der Waals surface area contributed by atoms with Crippen molar-refractivity contribution >= 4 is 28.9 Å². The van der Waals surface area contributed by atoms with Gasteiger partial charge in [0.15, 0.2) is 17.0 Å². The lowest BCUT2D eigenvalue weighted by Crippen LogP contribution is -2.31. The Labute approximate surface area is 228 Å². The van der Waals surface area contributed by atoms with Crippen LogP contribution in [0.4, 0.5) is 11.8 Å². The summed E-state index contributed by atoms with van der Waals surface area (Å²) in [5.41, 5.74) is 5.14. The number of rotatable bonds is 9. The second-order valence-electron chi connectivity index (χ2n) is 10.7. The third kappa shape index (κ3) is 5.73. The van der Waals surface area contributed by atoms with Gasteiger partial charge in [0.1, 0.15) is 0 Å². The molecule has 0 spiro atoms. The van der Waals surface area contributed by atoms with Crippen molar-refractivity contribution in [1.29, 1.82) is 0 Å². The minimum Gasteiger partial charge on any atom is -0.478 e. The lowest BCUT2D eigenvalue weighted by Gasteiger charge is -2.23. The van der Waals surface area contributed by atoms with Crippen LogP contribution in [0.3, 0.4) is 0 Å². The molecule has 1 aliphatic heterocycles. The number of imidazole rings is 1. The Bertz CT molecular complexity index is 1420. The average Bonchev–Trinajstić information content (AvgIpc) is 3.66. The zero-order valence-electron chi connectivity index (χ0n) is 22.1. The summed E-state index contributed by atoms with van der Waals surface area (Å²) >= 11 is 0. The molecule has 39 heavy (non-hydrogen) atoms. The van der Waals surface area contributed by atoms with E-state index < -0.39 is 5.97 Å². The number of piperidine rings is 1. The number of aromatic carboxylic acids is 1. The maximum Gasteiger partial charge on any atom is 0.335 e. The number of carbonyl (C=O) groups is 1. The van der Waals surface area contributed by atoms with Crippen molar-refractivity contribution in [3.05, 3.63) is 66.0 Å². The standard InChI is InChI=1S/C30H35N7O2/c38-29(39)24-11-9-23(10-12-24)22-7-5-20(6-8-22)17-32-27-26-28(37(19-34-26)25-3-1-2-4-25)36-30(35-27)33-18-21-13-15-31-16-14-21/h5-12,19,21,25,31H,1-4,13-18H2,(H,38,39)(H2,32,33,35,36). The Morgan fingerprint density at radius 1 is 0.923 bits per heavy atom. The molecule has 202 valence electrons. The van der Waals surface area contributed by atoms with Crippen LogP contribution < -0.4 is 16.0 Å². The molecule has 0 radical (unpaired) electrons. The van der Waals surface area contributed by atoms with Crippen LogP contribution in [-0.4, -0.2) is 50.2 Å². The summed E-state index contributed by atoms with van der Waals surface area (Å²) in [4.78, 5) is 25.7. The summed E-state index contributed by atoms with van der Waals surface area (Å²) in [5.74, 6) is 1.11. The highest BCUT2D eigenvalue weighted by Crippen LogP contribution is 2.33. The van der Waals surface area contributed by atoms with Gasteiger partial charge >= 0.3 is 5.97 Å². The minimum atomic E-state index is -0.917. The van der Waals surface area contributed by atoms with Gasteiger partial charge in [-0.3, -0.25) is 0 Å². The summed E-state index contributed by atoms with van der Waals surface area (Å²) in [6.07, 6.45) is 9.10. The van der Waals surface area contributed by atoms with Crippen molar-refractivity contribution in [3.8, 4) is 11.1 Å². The summed E-state index contributed by atoms with van der Waals surface area (Å²) in [6, 6.07) is 15.7. The number of hydrogen-bond donors (Lipinski definition) is 4. The molecular formula is C30H35N7O2. The number of fused-ring (bicyclic) bond motifs is 1. The lowest BCUT2D eigenvalue weighted by atomic mass is 9.98. The normalized spacial score (nSPS) is 16.5. The molecule has 1 saturated heterocycles. The summed E-state index contributed by atoms with van der Waals surface area (Å²) in [5, 5.41) is 19.6. The molecule has 1 saturated carbocycles. The molecule has 0 unspecified atom stereocenters. The fourth-order valence-electron chi connectivity index (χ4n) is 5.70. The Hall–Kier alpha value is -3.98. The highest BCUT2D eigenvalue weighted by atomic mass is 16.4. The Morgan fingerprint density at radius 3 is 2.31 bits per heavy atom.